The average Bonchev–Trinajstić information content (AvgIpc) is 2.15. The van der Waals surface area contributed by atoms with Crippen LogP contribution < -0.4 is 0 Å². The van der Waals surface area contributed by atoms with Gasteiger partial charge in [-0.05, 0) is 30.7 Å². The minimum atomic E-state index is -0.119. The SMILES string of the molecule is C=CCCCSc1ccccc1F. The third-order valence-electron chi connectivity index (χ3n) is 1.65. The second-order valence-corrected chi connectivity index (χ2v) is 3.85. The first-order chi connectivity index (χ1) is 6.34. The first-order valence-corrected chi connectivity index (χ1v) is 5.31. The predicted octanol–water partition coefficient (Wildman–Crippen LogP) is 3.88. The van der Waals surface area contributed by atoms with Crippen LogP contribution in [0.1, 0.15) is 12.8 Å². The Labute approximate surface area is 82.9 Å². The molecule has 1 aromatic rings. The fourth-order valence-electron chi connectivity index (χ4n) is 0.972. The van der Waals surface area contributed by atoms with E-state index in [1.165, 1.54) is 6.07 Å². The molecule has 1 rings (SSSR count). The summed E-state index contributed by atoms with van der Waals surface area (Å²) in [5.74, 6) is 0.832. The molecule has 0 atom stereocenters. The summed E-state index contributed by atoms with van der Waals surface area (Å²) in [4.78, 5) is 0.742. The van der Waals surface area contributed by atoms with Gasteiger partial charge in [-0.3, -0.25) is 0 Å². The summed E-state index contributed by atoms with van der Waals surface area (Å²) >= 11 is 1.56. The molecule has 0 N–H and O–H groups in total. The van der Waals surface area contributed by atoms with Crippen LogP contribution in [0.5, 0.6) is 0 Å². The summed E-state index contributed by atoms with van der Waals surface area (Å²) in [6.07, 6.45) is 3.95. The molecule has 1 aromatic carbocycles. The number of thioether (sulfide) groups is 1. The van der Waals surface area contributed by atoms with E-state index in [1.807, 2.05) is 18.2 Å². The summed E-state index contributed by atoms with van der Waals surface area (Å²) in [7, 11) is 0. The maximum absolute atomic E-state index is 13.1. The van der Waals surface area contributed by atoms with E-state index in [9.17, 15) is 4.39 Å². The third kappa shape index (κ3) is 3.64. The molecule has 0 radical (unpaired) electrons. The summed E-state index contributed by atoms with van der Waals surface area (Å²) in [6, 6.07) is 6.88. The molecule has 0 heterocycles. The van der Waals surface area contributed by atoms with Gasteiger partial charge in [0.25, 0.3) is 0 Å². The Morgan fingerprint density at radius 3 is 2.85 bits per heavy atom. The van der Waals surface area contributed by atoms with Gasteiger partial charge in [0.05, 0.1) is 0 Å². The number of benzene rings is 1. The molecule has 0 unspecified atom stereocenters. The summed E-state index contributed by atoms with van der Waals surface area (Å²) < 4.78 is 13.1. The van der Waals surface area contributed by atoms with Crippen molar-refractivity contribution in [2.24, 2.45) is 0 Å². The van der Waals surface area contributed by atoms with Crippen LogP contribution in [0.2, 0.25) is 0 Å². The van der Waals surface area contributed by atoms with E-state index in [4.69, 9.17) is 0 Å². The molecule has 0 aliphatic rings. The number of hydrogen-bond donors (Lipinski definition) is 0. The van der Waals surface area contributed by atoms with Crippen molar-refractivity contribution >= 4 is 11.8 Å². The fourth-order valence-corrected chi connectivity index (χ4v) is 1.88. The van der Waals surface area contributed by atoms with Gasteiger partial charge in [-0.2, -0.15) is 0 Å². The van der Waals surface area contributed by atoms with Crippen LogP contribution >= 0.6 is 11.8 Å². The van der Waals surface area contributed by atoms with Crippen LogP contribution in [-0.4, -0.2) is 5.75 Å². The molecule has 0 fully saturated rings. The number of hydrogen-bond acceptors (Lipinski definition) is 1. The highest BCUT2D eigenvalue weighted by Crippen LogP contribution is 2.21. The number of rotatable bonds is 5. The van der Waals surface area contributed by atoms with Gasteiger partial charge >= 0.3 is 0 Å². The standard InChI is InChI=1S/C11H13FS/c1-2-3-6-9-13-11-8-5-4-7-10(11)12/h2,4-5,7-8H,1,3,6,9H2. The highest BCUT2D eigenvalue weighted by atomic mass is 32.2. The molecule has 13 heavy (non-hydrogen) atoms. The molecule has 0 aliphatic heterocycles. The van der Waals surface area contributed by atoms with Crippen molar-refractivity contribution in [1.82, 2.24) is 0 Å². The van der Waals surface area contributed by atoms with Crippen molar-refractivity contribution in [2.45, 2.75) is 17.7 Å². The third-order valence-corrected chi connectivity index (χ3v) is 2.78. The number of halogens is 1. The molecule has 70 valence electrons. The normalized spacial score (nSPS) is 9.92. The molecule has 0 spiro atoms. The largest absolute Gasteiger partial charge is 0.206 e. The molecular formula is C11H13FS. The van der Waals surface area contributed by atoms with Gasteiger partial charge < -0.3 is 0 Å². The second kappa shape index (κ2) is 5.81. The molecule has 2 heteroatoms. The summed E-state index contributed by atoms with van der Waals surface area (Å²) in [5.41, 5.74) is 0. The first kappa shape index (κ1) is 10.3. The lowest BCUT2D eigenvalue weighted by molar-refractivity contribution is 0.602. The van der Waals surface area contributed by atoms with Crippen molar-refractivity contribution < 1.29 is 4.39 Å². The van der Waals surface area contributed by atoms with Crippen LogP contribution in [0.3, 0.4) is 0 Å². The maximum atomic E-state index is 13.1. The summed E-state index contributed by atoms with van der Waals surface area (Å²) in [5, 5.41) is 0. The zero-order valence-corrected chi connectivity index (χ0v) is 8.32. The Morgan fingerprint density at radius 1 is 1.38 bits per heavy atom. The smallest absolute Gasteiger partial charge is 0.136 e. The second-order valence-electron chi connectivity index (χ2n) is 2.71. The minimum absolute atomic E-state index is 0.119. The Morgan fingerprint density at radius 2 is 2.15 bits per heavy atom. The zero-order valence-electron chi connectivity index (χ0n) is 7.50. The number of unbranched alkanes of at least 4 members (excludes halogenated alkanes) is 1. The van der Waals surface area contributed by atoms with Crippen molar-refractivity contribution in [3.63, 3.8) is 0 Å². The topological polar surface area (TPSA) is 0 Å². The lowest BCUT2D eigenvalue weighted by Gasteiger charge is -2.00. The fraction of sp³-hybridized carbons (Fsp3) is 0.273. The Hall–Kier alpha value is -0.760. The Bertz CT molecular complexity index is 271. The van der Waals surface area contributed by atoms with Crippen molar-refractivity contribution in [1.29, 1.82) is 0 Å². The van der Waals surface area contributed by atoms with Gasteiger partial charge in [0.2, 0.25) is 0 Å². The van der Waals surface area contributed by atoms with Crippen molar-refractivity contribution in [3.8, 4) is 0 Å². The monoisotopic (exact) mass is 196 g/mol. The van der Waals surface area contributed by atoms with Crippen LogP contribution in [0.4, 0.5) is 4.39 Å². The van der Waals surface area contributed by atoms with E-state index in [2.05, 4.69) is 6.58 Å². The Kier molecular flexibility index (Phi) is 4.61. The highest BCUT2D eigenvalue weighted by Gasteiger charge is 1.99. The van der Waals surface area contributed by atoms with E-state index in [0.717, 1.165) is 23.5 Å². The van der Waals surface area contributed by atoms with Gasteiger partial charge in [0, 0.05) is 4.90 Å². The molecule has 0 bridgehead atoms. The van der Waals surface area contributed by atoms with E-state index in [-0.39, 0.29) is 5.82 Å². The molecule has 0 aliphatic carbocycles. The molecular weight excluding hydrogens is 183 g/mol. The predicted molar refractivity (Wildman–Crippen MR) is 56.6 cm³/mol. The summed E-state index contributed by atoms with van der Waals surface area (Å²) in [6.45, 7) is 3.64. The average molecular weight is 196 g/mol. The van der Waals surface area contributed by atoms with Crippen LogP contribution in [0.15, 0.2) is 41.8 Å². The van der Waals surface area contributed by atoms with Gasteiger partial charge in [0.1, 0.15) is 5.82 Å². The molecule has 0 nitrogen and oxygen atoms in total. The van der Waals surface area contributed by atoms with Crippen LogP contribution in [0.25, 0.3) is 0 Å². The van der Waals surface area contributed by atoms with E-state index in [1.54, 1.807) is 17.8 Å². The van der Waals surface area contributed by atoms with Gasteiger partial charge in [-0.15, -0.1) is 18.3 Å². The zero-order chi connectivity index (χ0) is 9.52. The molecule has 0 aromatic heterocycles. The van der Waals surface area contributed by atoms with Crippen LogP contribution in [0, 0.1) is 5.82 Å². The molecule has 0 amide bonds. The van der Waals surface area contributed by atoms with E-state index in [0.29, 0.717) is 0 Å². The van der Waals surface area contributed by atoms with E-state index < -0.39 is 0 Å². The minimum Gasteiger partial charge on any atom is -0.206 e. The lowest BCUT2D eigenvalue weighted by atomic mass is 10.3. The quantitative estimate of drug-likeness (QED) is 0.391. The lowest BCUT2D eigenvalue weighted by Crippen LogP contribution is -1.82. The molecule has 0 saturated carbocycles. The number of allylic oxidation sites excluding steroid dienone is 1. The van der Waals surface area contributed by atoms with Crippen LogP contribution in [-0.2, 0) is 0 Å². The Balaban J connectivity index is 2.36. The van der Waals surface area contributed by atoms with E-state index >= 15 is 0 Å². The van der Waals surface area contributed by atoms with Gasteiger partial charge in [-0.25, -0.2) is 4.39 Å². The van der Waals surface area contributed by atoms with Gasteiger partial charge in [0.15, 0.2) is 0 Å². The highest BCUT2D eigenvalue weighted by molar-refractivity contribution is 7.99. The van der Waals surface area contributed by atoms with Crippen molar-refractivity contribution in [3.05, 3.63) is 42.7 Å². The van der Waals surface area contributed by atoms with Gasteiger partial charge in [-0.1, -0.05) is 18.2 Å². The first-order valence-electron chi connectivity index (χ1n) is 4.33. The van der Waals surface area contributed by atoms with Crippen molar-refractivity contribution in [2.75, 3.05) is 5.75 Å². The maximum Gasteiger partial charge on any atom is 0.136 e. The molecule has 0 saturated heterocycles.